The first kappa shape index (κ1) is 8.04. The number of Topliss-reactive ketones (excluding diaryl/α,β-unsaturated/α-hetero) is 1. The summed E-state index contributed by atoms with van der Waals surface area (Å²) in [5, 5.41) is 0. The van der Waals surface area contributed by atoms with Crippen LogP contribution >= 0.6 is 0 Å². The number of hydrogen-bond acceptors (Lipinski definition) is 3. The van der Waals surface area contributed by atoms with Crippen molar-refractivity contribution in [3.05, 3.63) is 30.2 Å². The van der Waals surface area contributed by atoms with Crippen LogP contribution in [0.3, 0.4) is 0 Å². The molecule has 0 radical (unpaired) electrons. The number of carbonyl (C=O) groups is 1. The van der Waals surface area contributed by atoms with Crippen molar-refractivity contribution in [1.29, 1.82) is 0 Å². The van der Waals surface area contributed by atoms with Crippen LogP contribution in [0.25, 0.3) is 5.57 Å². The van der Waals surface area contributed by atoms with Gasteiger partial charge in [-0.1, -0.05) is 0 Å². The number of ketones is 1. The third kappa shape index (κ3) is 1.14. The van der Waals surface area contributed by atoms with Crippen molar-refractivity contribution < 1.29 is 18.3 Å². The van der Waals surface area contributed by atoms with E-state index in [1.165, 1.54) is 18.6 Å². The number of halogens is 1. The molecule has 2 heterocycles. The molecule has 68 valence electrons. The molecule has 1 aromatic rings. The Morgan fingerprint density at radius 3 is 2.77 bits per heavy atom. The highest BCUT2D eigenvalue weighted by atomic mass is 19.1. The topological polar surface area (TPSA) is 39.4 Å². The Hall–Kier alpha value is -1.58. The molecule has 1 atom stereocenters. The van der Waals surface area contributed by atoms with Gasteiger partial charge in [0, 0.05) is 0 Å². The van der Waals surface area contributed by atoms with Crippen molar-refractivity contribution in [2.45, 2.75) is 13.0 Å². The van der Waals surface area contributed by atoms with Gasteiger partial charge in [0.25, 0.3) is 6.01 Å². The number of furan rings is 1. The van der Waals surface area contributed by atoms with Gasteiger partial charge < -0.3 is 9.15 Å². The lowest BCUT2D eigenvalue weighted by atomic mass is 10.1. The summed E-state index contributed by atoms with van der Waals surface area (Å²) in [6, 6.07) is 0.651. The van der Waals surface area contributed by atoms with Gasteiger partial charge in [-0.2, -0.15) is 4.39 Å². The maximum Gasteiger partial charge on any atom is 0.285 e. The standard InChI is InChI=1S/C9H7FO3/c1-5-8(11)7(4-13-5)6-2-3-12-9(6)10/h2-5H,1H3. The summed E-state index contributed by atoms with van der Waals surface area (Å²) < 4.78 is 22.3. The fourth-order valence-corrected chi connectivity index (χ4v) is 1.19. The minimum Gasteiger partial charge on any atom is -0.489 e. The Labute approximate surface area is 73.8 Å². The molecule has 2 rings (SSSR count). The Bertz CT molecular complexity index is 378. The number of ether oxygens (including phenoxy) is 1. The Morgan fingerprint density at radius 2 is 2.31 bits per heavy atom. The molecule has 1 unspecified atom stereocenters. The lowest BCUT2D eigenvalue weighted by Gasteiger charge is -1.98. The van der Waals surface area contributed by atoms with Gasteiger partial charge in [-0.25, -0.2) is 0 Å². The molecule has 0 amide bonds. The van der Waals surface area contributed by atoms with E-state index in [9.17, 15) is 9.18 Å². The molecule has 13 heavy (non-hydrogen) atoms. The average molecular weight is 182 g/mol. The third-order valence-corrected chi connectivity index (χ3v) is 1.93. The van der Waals surface area contributed by atoms with E-state index in [4.69, 9.17) is 4.74 Å². The van der Waals surface area contributed by atoms with Gasteiger partial charge in [-0.3, -0.25) is 4.79 Å². The monoisotopic (exact) mass is 182 g/mol. The van der Waals surface area contributed by atoms with E-state index in [0.717, 1.165) is 0 Å². The average Bonchev–Trinajstić information content (AvgIpc) is 2.62. The largest absolute Gasteiger partial charge is 0.489 e. The molecular formula is C9H7FO3. The quantitative estimate of drug-likeness (QED) is 0.664. The van der Waals surface area contributed by atoms with E-state index in [0.29, 0.717) is 0 Å². The summed E-state index contributed by atoms with van der Waals surface area (Å²) in [5.74, 6) is -0.222. The van der Waals surface area contributed by atoms with Crippen molar-refractivity contribution in [1.82, 2.24) is 0 Å². The molecule has 1 aliphatic heterocycles. The summed E-state index contributed by atoms with van der Waals surface area (Å²) in [4.78, 5) is 11.4. The molecule has 0 aliphatic carbocycles. The molecule has 0 spiro atoms. The molecule has 0 saturated heterocycles. The van der Waals surface area contributed by atoms with E-state index in [-0.39, 0.29) is 16.9 Å². The Kier molecular flexibility index (Phi) is 1.69. The Morgan fingerprint density at radius 1 is 1.54 bits per heavy atom. The zero-order valence-corrected chi connectivity index (χ0v) is 6.91. The molecule has 1 aliphatic rings. The summed E-state index contributed by atoms with van der Waals surface area (Å²) in [6.07, 6.45) is 1.94. The molecule has 0 bridgehead atoms. The lowest BCUT2D eigenvalue weighted by Crippen LogP contribution is -2.12. The van der Waals surface area contributed by atoms with Crippen molar-refractivity contribution in [3.63, 3.8) is 0 Å². The van der Waals surface area contributed by atoms with Gasteiger partial charge in [0.05, 0.1) is 23.7 Å². The second-order valence-electron chi connectivity index (χ2n) is 2.78. The van der Waals surface area contributed by atoms with Crippen LogP contribution in [-0.4, -0.2) is 11.9 Å². The molecular weight excluding hydrogens is 175 g/mol. The lowest BCUT2D eigenvalue weighted by molar-refractivity contribution is -0.118. The normalized spacial score (nSPS) is 21.5. The van der Waals surface area contributed by atoms with Gasteiger partial charge in [-0.15, -0.1) is 0 Å². The van der Waals surface area contributed by atoms with Crippen LogP contribution in [0.2, 0.25) is 0 Å². The SMILES string of the molecule is CC1OC=C(c2ccoc2F)C1=O. The highest BCUT2D eigenvalue weighted by Crippen LogP contribution is 2.26. The predicted molar refractivity (Wildman–Crippen MR) is 42.2 cm³/mol. The minimum atomic E-state index is -0.752. The predicted octanol–water partition coefficient (Wildman–Crippen LogP) is 1.75. The maximum atomic E-state index is 12.9. The van der Waals surface area contributed by atoms with Crippen molar-refractivity contribution in [2.75, 3.05) is 0 Å². The Balaban J connectivity index is 2.39. The number of carbonyl (C=O) groups excluding carboxylic acids is 1. The van der Waals surface area contributed by atoms with Crippen LogP contribution < -0.4 is 0 Å². The number of hydrogen-bond donors (Lipinski definition) is 0. The maximum absolute atomic E-state index is 12.9. The van der Waals surface area contributed by atoms with E-state index in [1.54, 1.807) is 6.92 Å². The molecule has 0 aromatic carbocycles. The molecule has 0 N–H and O–H groups in total. The highest BCUT2D eigenvalue weighted by molar-refractivity contribution is 6.23. The fraction of sp³-hybridized carbons (Fsp3) is 0.222. The number of rotatable bonds is 1. The van der Waals surface area contributed by atoms with Gasteiger partial charge in [0.1, 0.15) is 0 Å². The van der Waals surface area contributed by atoms with E-state index < -0.39 is 12.1 Å². The van der Waals surface area contributed by atoms with Gasteiger partial charge in [-0.05, 0) is 13.0 Å². The van der Waals surface area contributed by atoms with Gasteiger partial charge in [0.2, 0.25) is 5.78 Å². The molecule has 0 saturated carbocycles. The minimum absolute atomic E-state index is 0.161. The second-order valence-corrected chi connectivity index (χ2v) is 2.78. The molecule has 1 aromatic heterocycles. The van der Waals surface area contributed by atoms with Crippen molar-refractivity contribution in [2.24, 2.45) is 0 Å². The van der Waals surface area contributed by atoms with Crippen LogP contribution in [0.1, 0.15) is 12.5 Å². The van der Waals surface area contributed by atoms with E-state index in [1.807, 2.05) is 0 Å². The molecule has 0 fully saturated rings. The van der Waals surface area contributed by atoms with Crippen molar-refractivity contribution >= 4 is 11.4 Å². The van der Waals surface area contributed by atoms with Crippen LogP contribution in [0.5, 0.6) is 0 Å². The molecule has 3 nitrogen and oxygen atoms in total. The molecule has 4 heteroatoms. The van der Waals surface area contributed by atoms with Crippen LogP contribution in [0.15, 0.2) is 23.0 Å². The first-order chi connectivity index (χ1) is 6.20. The van der Waals surface area contributed by atoms with Crippen LogP contribution in [0.4, 0.5) is 4.39 Å². The van der Waals surface area contributed by atoms with Crippen LogP contribution in [0, 0.1) is 6.01 Å². The smallest absolute Gasteiger partial charge is 0.285 e. The van der Waals surface area contributed by atoms with Crippen molar-refractivity contribution in [3.8, 4) is 0 Å². The van der Waals surface area contributed by atoms with Gasteiger partial charge >= 0.3 is 0 Å². The fourth-order valence-electron chi connectivity index (χ4n) is 1.19. The van der Waals surface area contributed by atoms with E-state index in [2.05, 4.69) is 4.42 Å². The summed E-state index contributed by atoms with van der Waals surface area (Å²) >= 11 is 0. The highest BCUT2D eigenvalue weighted by Gasteiger charge is 2.28. The summed E-state index contributed by atoms with van der Waals surface area (Å²) in [6.45, 7) is 1.61. The summed E-state index contributed by atoms with van der Waals surface area (Å²) in [5.41, 5.74) is 0.396. The first-order valence-electron chi connectivity index (χ1n) is 3.83. The van der Waals surface area contributed by atoms with Gasteiger partial charge in [0.15, 0.2) is 6.10 Å². The zero-order valence-electron chi connectivity index (χ0n) is 6.91. The third-order valence-electron chi connectivity index (χ3n) is 1.93. The second kappa shape index (κ2) is 2.73. The van der Waals surface area contributed by atoms with Crippen LogP contribution in [-0.2, 0) is 9.53 Å². The first-order valence-corrected chi connectivity index (χ1v) is 3.83. The zero-order chi connectivity index (χ0) is 9.42. The summed E-state index contributed by atoms with van der Waals surface area (Å²) in [7, 11) is 0. The van der Waals surface area contributed by atoms with E-state index >= 15 is 0 Å².